The average Bonchev–Trinajstić information content (AvgIpc) is 2.18. The van der Waals surface area contributed by atoms with Crippen molar-refractivity contribution in [1.29, 1.82) is 0 Å². The summed E-state index contributed by atoms with van der Waals surface area (Å²) in [6.45, 7) is 1.08. The van der Waals surface area contributed by atoms with Crippen LogP contribution in [0.25, 0.3) is 0 Å². The van der Waals surface area contributed by atoms with Gasteiger partial charge in [-0.2, -0.15) is 0 Å². The molecule has 3 N–H and O–H groups in total. The lowest BCUT2D eigenvalue weighted by Crippen LogP contribution is -2.48. The molecule has 1 rings (SSSR count). The molecule has 0 aromatic carbocycles. The predicted molar refractivity (Wildman–Crippen MR) is 64.3 cm³/mol. The van der Waals surface area contributed by atoms with E-state index < -0.39 is 0 Å². The first-order chi connectivity index (χ1) is 7.15. The van der Waals surface area contributed by atoms with E-state index in [1.165, 1.54) is 0 Å². The second-order valence-corrected chi connectivity index (χ2v) is 3.94. The first-order valence-electron chi connectivity index (χ1n) is 5.37. The average molecular weight is 250 g/mol. The number of primary amides is 1. The number of likely N-dealkylation sites (tertiary alicyclic amines) is 1. The van der Waals surface area contributed by atoms with E-state index in [1.54, 1.807) is 11.9 Å². The van der Waals surface area contributed by atoms with Crippen molar-refractivity contribution in [2.24, 2.45) is 5.73 Å². The Morgan fingerprint density at radius 1 is 1.44 bits per heavy atom. The van der Waals surface area contributed by atoms with Crippen LogP contribution in [0.1, 0.15) is 25.7 Å². The Balaban J connectivity index is 0.00000225. The predicted octanol–water partition coefficient (Wildman–Crippen LogP) is -0.116. The van der Waals surface area contributed by atoms with Crippen LogP contribution in [0.5, 0.6) is 0 Å². The maximum absolute atomic E-state index is 11.7. The molecule has 0 radical (unpaired) electrons. The molecule has 0 spiro atoms. The van der Waals surface area contributed by atoms with Gasteiger partial charge in [0.15, 0.2) is 0 Å². The fraction of sp³-hybridized carbons (Fsp3) is 0.800. The molecule has 16 heavy (non-hydrogen) atoms. The first kappa shape index (κ1) is 15.2. The van der Waals surface area contributed by atoms with E-state index in [0.29, 0.717) is 6.54 Å². The SMILES string of the molecule is CNCC(=O)N1CCCCC1CC(N)=O.Cl. The molecule has 94 valence electrons. The zero-order valence-corrected chi connectivity index (χ0v) is 10.4. The standard InChI is InChI=1S/C10H19N3O2.ClH/c1-12-7-10(15)13-5-3-2-4-8(13)6-9(11)14;/h8,12H,2-7H2,1H3,(H2,11,14);1H. The van der Waals surface area contributed by atoms with Crippen molar-refractivity contribution in [3.8, 4) is 0 Å². The van der Waals surface area contributed by atoms with Crippen LogP contribution < -0.4 is 11.1 Å². The summed E-state index contributed by atoms with van der Waals surface area (Å²) in [6, 6.07) is 0.0112. The summed E-state index contributed by atoms with van der Waals surface area (Å²) < 4.78 is 0. The summed E-state index contributed by atoms with van der Waals surface area (Å²) in [5, 5.41) is 2.83. The van der Waals surface area contributed by atoms with Crippen molar-refractivity contribution in [3.63, 3.8) is 0 Å². The molecule has 1 atom stereocenters. The molecular weight excluding hydrogens is 230 g/mol. The molecule has 6 heteroatoms. The van der Waals surface area contributed by atoms with Gasteiger partial charge in [0.1, 0.15) is 0 Å². The number of rotatable bonds is 4. The monoisotopic (exact) mass is 249 g/mol. The van der Waals surface area contributed by atoms with E-state index in [-0.39, 0.29) is 36.7 Å². The lowest BCUT2D eigenvalue weighted by Gasteiger charge is -2.35. The number of carbonyl (C=O) groups excluding carboxylic acids is 2. The molecule has 0 aliphatic carbocycles. The quantitative estimate of drug-likeness (QED) is 0.730. The minimum atomic E-state index is -0.329. The molecule has 1 unspecified atom stereocenters. The van der Waals surface area contributed by atoms with Crippen molar-refractivity contribution in [2.75, 3.05) is 20.1 Å². The molecule has 1 aliphatic heterocycles. The molecule has 5 nitrogen and oxygen atoms in total. The van der Waals surface area contributed by atoms with Crippen LogP contribution in [0.4, 0.5) is 0 Å². The first-order valence-corrected chi connectivity index (χ1v) is 5.37. The molecule has 1 saturated heterocycles. The number of nitrogens with two attached hydrogens (primary N) is 1. The summed E-state index contributed by atoms with van der Waals surface area (Å²) in [5.41, 5.74) is 5.17. The molecular formula is C10H20ClN3O2. The third-order valence-corrected chi connectivity index (χ3v) is 2.71. The van der Waals surface area contributed by atoms with Gasteiger partial charge in [0, 0.05) is 19.0 Å². The second-order valence-electron chi connectivity index (χ2n) is 3.94. The van der Waals surface area contributed by atoms with Crippen LogP contribution >= 0.6 is 12.4 Å². The Bertz CT molecular complexity index is 248. The van der Waals surface area contributed by atoms with Crippen molar-refractivity contribution in [1.82, 2.24) is 10.2 Å². The fourth-order valence-electron chi connectivity index (χ4n) is 2.03. The van der Waals surface area contributed by atoms with Gasteiger partial charge in [0.25, 0.3) is 0 Å². The fourth-order valence-corrected chi connectivity index (χ4v) is 2.03. The number of halogens is 1. The highest BCUT2D eigenvalue weighted by Gasteiger charge is 2.27. The molecule has 0 aromatic heterocycles. The van der Waals surface area contributed by atoms with Crippen molar-refractivity contribution >= 4 is 24.2 Å². The lowest BCUT2D eigenvalue weighted by molar-refractivity contribution is -0.134. The van der Waals surface area contributed by atoms with Crippen molar-refractivity contribution < 1.29 is 9.59 Å². The van der Waals surface area contributed by atoms with Gasteiger partial charge in [-0.05, 0) is 26.3 Å². The number of hydrogen-bond acceptors (Lipinski definition) is 3. The maximum Gasteiger partial charge on any atom is 0.236 e. The van der Waals surface area contributed by atoms with Crippen LogP contribution in [0.3, 0.4) is 0 Å². The van der Waals surface area contributed by atoms with Gasteiger partial charge in [-0.15, -0.1) is 12.4 Å². The van der Waals surface area contributed by atoms with E-state index in [1.807, 2.05) is 0 Å². The Hall–Kier alpha value is -0.810. The molecule has 0 aromatic rings. The molecule has 2 amide bonds. The number of nitrogens with one attached hydrogen (secondary N) is 1. The van der Waals surface area contributed by atoms with Crippen molar-refractivity contribution in [2.45, 2.75) is 31.7 Å². The highest BCUT2D eigenvalue weighted by Crippen LogP contribution is 2.19. The number of likely N-dealkylation sites (N-methyl/N-ethyl adjacent to an activating group) is 1. The summed E-state index contributed by atoms with van der Waals surface area (Å²) in [7, 11) is 1.74. The third-order valence-electron chi connectivity index (χ3n) is 2.71. The van der Waals surface area contributed by atoms with E-state index in [9.17, 15) is 9.59 Å². The van der Waals surface area contributed by atoms with E-state index in [4.69, 9.17) is 5.73 Å². The van der Waals surface area contributed by atoms with Crippen LogP contribution in [0.15, 0.2) is 0 Å². The smallest absolute Gasteiger partial charge is 0.236 e. The zero-order chi connectivity index (χ0) is 11.3. The number of piperidine rings is 1. The lowest BCUT2D eigenvalue weighted by atomic mass is 9.99. The minimum absolute atomic E-state index is 0. The van der Waals surface area contributed by atoms with Gasteiger partial charge in [-0.1, -0.05) is 0 Å². The highest BCUT2D eigenvalue weighted by atomic mass is 35.5. The molecule has 1 fully saturated rings. The Morgan fingerprint density at radius 3 is 2.69 bits per heavy atom. The minimum Gasteiger partial charge on any atom is -0.370 e. The van der Waals surface area contributed by atoms with Gasteiger partial charge < -0.3 is 16.0 Å². The zero-order valence-electron chi connectivity index (χ0n) is 9.57. The number of hydrogen-bond donors (Lipinski definition) is 2. The maximum atomic E-state index is 11.7. The van der Waals surface area contributed by atoms with Gasteiger partial charge in [0.2, 0.25) is 11.8 Å². The summed E-state index contributed by atoms with van der Waals surface area (Å²) in [4.78, 5) is 24.3. The van der Waals surface area contributed by atoms with Crippen molar-refractivity contribution in [3.05, 3.63) is 0 Å². The van der Waals surface area contributed by atoms with E-state index in [2.05, 4.69) is 5.32 Å². The van der Waals surface area contributed by atoms with Gasteiger partial charge in [-0.3, -0.25) is 9.59 Å². The normalized spacial score (nSPS) is 20.1. The topological polar surface area (TPSA) is 75.4 Å². The summed E-state index contributed by atoms with van der Waals surface area (Å²) >= 11 is 0. The molecule has 0 saturated carbocycles. The van der Waals surface area contributed by atoms with Crippen LogP contribution in [0, 0.1) is 0 Å². The number of carbonyl (C=O) groups is 2. The van der Waals surface area contributed by atoms with Crippen LogP contribution in [0.2, 0.25) is 0 Å². The Kier molecular flexibility index (Phi) is 7.08. The van der Waals surface area contributed by atoms with Crippen LogP contribution in [-0.4, -0.2) is 42.9 Å². The molecule has 1 heterocycles. The van der Waals surface area contributed by atoms with Crippen LogP contribution in [-0.2, 0) is 9.59 Å². The molecule has 0 bridgehead atoms. The van der Waals surface area contributed by atoms with Gasteiger partial charge >= 0.3 is 0 Å². The van der Waals surface area contributed by atoms with E-state index >= 15 is 0 Å². The van der Waals surface area contributed by atoms with Gasteiger partial charge in [-0.25, -0.2) is 0 Å². The summed E-state index contributed by atoms with van der Waals surface area (Å²) in [6.07, 6.45) is 3.26. The Morgan fingerprint density at radius 2 is 2.12 bits per heavy atom. The van der Waals surface area contributed by atoms with E-state index in [0.717, 1.165) is 25.8 Å². The third kappa shape index (κ3) is 4.37. The second kappa shape index (κ2) is 7.46. The van der Waals surface area contributed by atoms with Gasteiger partial charge in [0.05, 0.1) is 6.54 Å². The summed E-state index contributed by atoms with van der Waals surface area (Å²) in [5.74, 6) is -0.271. The number of nitrogens with zero attached hydrogens (tertiary/aromatic N) is 1. The Labute approximate surface area is 102 Å². The molecule has 1 aliphatic rings. The number of amides is 2. The highest BCUT2D eigenvalue weighted by molar-refractivity contribution is 5.85. The largest absolute Gasteiger partial charge is 0.370 e.